The maximum atomic E-state index is 12.4. The van der Waals surface area contributed by atoms with E-state index in [1.807, 2.05) is 6.92 Å². The second-order valence-corrected chi connectivity index (χ2v) is 9.79. The number of carbonyl (C=O) groups is 1. The standard InChI is InChI=1S/C19H33N5O4S/c1-3-22-11-6-18(21-22)19(25)20-9-12-24(16-7-13-28-14-8-16)17-5-4-10-23(15-17)29(2,26)27/h6,11,16-17H,3-5,7-10,12-15H2,1-2H3,(H,20,25). The third-order valence-electron chi connectivity index (χ3n) is 5.81. The lowest BCUT2D eigenvalue weighted by atomic mass is 9.99. The first-order valence-corrected chi connectivity index (χ1v) is 12.3. The number of rotatable bonds is 8. The number of amides is 1. The van der Waals surface area contributed by atoms with Crippen LogP contribution in [0.3, 0.4) is 0 Å². The molecule has 0 aliphatic carbocycles. The van der Waals surface area contributed by atoms with E-state index in [2.05, 4.69) is 15.3 Å². The van der Waals surface area contributed by atoms with Crippen molar-refractivity contribution in [1.29, 1.82) is 0 Å². The van der Waals surface area contributed by atoms with Crippen LogP contribution in [0.2, 0.25) is 0 Å². The highest BCUT2D eigenvalue weighted by Crippen LogP contribution is 2.24. The third-order valence-corrected chi connectivity index (χ3v) is 7.08. The fraction of sp³-hybridized carbons (Fsp3) is 0.789. The number of sulfonamides is 1. The Kier molecular flexibility index (Phi) is 7.66. The van der Waals surface area contributed by atoms with Crippen LogP contribution in [0.25, 0.3) is 0 Å². The first-order valence-electron chi connectivity index (χ1n) is 10.5. The Morgan fingerprint density at radius 1 is 1.31 bits per heavy atom. The summed E-state index contributed by atoms with van der Waals surface area (Å²) in [5, 5.41) is 7.21. The van der Waals surface area contributed by atoms with Crippen LogP contribution < -0.4 is 5.32 Å². The minimum Gasteiger partial charge on any atom is -0.381 e. The average molecular weight is 428 g/mol. The van der Waals surface area contributed by atoms with Crippen molar-refractivity contribution in [1.82, 2.24) is 24.3 Å². The van der Waals surface area contributed by atoms with Crippen molar-refractivity contribution in [2.45, 2.75) is 51.2 Å². The summed E-state index contributed by atoms with van der Waals surface area (Å²) in [6, 6.07) is 2.24. The molecule has 1 atom stereocenters. The molecule has 1 amide bonds. The number of piperidine rings is 1. The molecule has 3 rings (SSSR count). The van der Waals surface area contributed by atoms with Gasteiger partial charge in [-0.15, -0.1) is 0 Å². The van der Waals surface area contributed by atoms with Crippen molar-refractivity contribution in [2.24, 2.45) is 0 Å². The highest BCUT2D eigenvalue weighted by atomic mass is 32.2. The van der Waals surface area contributed by atoms with Crippen molar-refractivity contribution in [3.63, 3.8) is 0 Å². The fourth-order valence-corrected chi connectivity index (χ4v) is 5.12. The molecule has 10 heteroatoms. The molecule has 2 aliphatic rings. The van der Waals surface area contributed by atoms with Gasteiger partial charge in [0, 0.05) is 64.2 Å². The monoisotopic (exact) mass is 427 g/mol. The zero-order chi connectivity index (χ0) is 20.9. The molecular weight excluding hydrogens is 394 g/mol. The van der Waals surface area contributed by atoms with Crippen LogP contribution in [0.1, 0.15) is 43.1 Å². The van der Waals surface area contributed by atoms with Crippen molar-refractivity contribution >= 4 is 15.9 Å². The largest absolute Gasteiger partial charge is 0.381 e. The Balaban J connectivity index is 1.61. The molecule has 0 saturated carbocycles. The molecule has 1 unspecified atom stereocenters. The van der Waals surface area contributed by atoms with Crippen molar-refractivity contribution < 1.29 is 17.9 Å². The highest BCUT2D eigenvalue weighted by molar-refractivity contribution is 7.88. The van der Waals surface area contributed by atoms with Gasteiger partial charge in [0.15, 0.2) is 0 Å². The topological polar surface area (TPSA) is 96.8 Å². The van der Waals surface area contributed by atoms with E-state index in [1.165, 1.54) is 6.26 Å². The third kappa shape index (κ3) is 6.00. The van der Waals surface area contributed by atoms with Crippen LogP contribution in [-0.2, 0) is 21.3 Å². The lowest BCUT2D eigenvalue weighted by Crippen LogP contribution is -2.55. The van der Waals surface area contributed by atoms with E-state index >= 15 is 0 Å². The van der Waals surface area contributed by atoms with Crippen LogP contribution in [0.4, 0.5) is 0 Å². The predicted octanol–water partition coefficient (Wildman–Crippen LogP) is 0.538. The van der Waals surface area contributed by atoms with Gasteiger partial charge in [0.1, 0.15) is 5.69 Å². The van der Waals surface area contributed by atoms with E-state index in [0.717, 1.165) is 45.4 Å². The van der Waals surface area contributed by atoms with Crippen molar-refractivity contribution in [2.75, 3.05) is 45.6 Å². The molecule has 9 nitrogen and oxygen atoms in total. The number of hydrogen-bond acceptors (Lipinski definition) is 6. The molecule has 3 heterocycles. The molecule has 2 fully saturated rings. The number of carbonyl (C=O) groups excluding carboxylic acids is 1. The number of hydrogen-bond donors (Lipinski definition) is 1. The smallest absolute Gasteiger partial charge is 0.271 e. The fourth-order valence-electron chi connectivity index (χ4n) is 4.22. The Morgan fingerprint density at radius 2 is 2.07 bits per heavy atom. The van der Waals surface area contributed by atoms with E-state index < -0.39 is 10.0 Å². The lowest BCUT2D eigenvalue weighted by Gasteiger charge is -2.43. The molecule has 0 aromatic carbocycles. The summed E-state index contributed by atoms with van der Waals surface area (Å²) in [5.41, 5.74) is 0.422. The summed E-state index contributed by atoms with van der Waals surface area (Å²) in [5.74, 6) is -0.175. The van der Waals surface area contributed by atoms with Crippen LogP contribution in [0, 0.1) is 0 Å². The molecular formula is C19H33N5O4S. The maximum absolute atomic E-state index is 12.4. The Bertz CT molecular complexity index is 775. The van der Waals surface area contributed by atoms with Crippen LogP contribution >= 0.6 is 0 Å². The summed E-state index contributed by atoms with van der Waals surface area (Å²) in [7, 11) is -3.19. The molecule has 0 spiro atoms. The van der Waals surface area contributed by atoms with Crippen LogP contribution in [0.15, 0.2) is 12.3 Å². The minimum atomic E-state index is -3.19. The average Bonchev–Trinajstić information content (AvgIpc) is 3.21. The van der Waals surface area contributed by atoms with E-state index in [4.69, 9.17) is 4.74 Å². The van der Waals surface area contributed by atoms with E-state index in [0.29, 0.717) is 37.9 Å². The first-order chi connectivity index (χ1) is 13.9. The maximum Gasteiger partial charge on any atom is 0.271 e. The number of ether oxygens (including phenoxy) is 1. The van der Waals surface area contributed by atoms with Gasteiger partial charge in [0.25, 0.3) is 5.91 Å². The molecule has 2 saturated heterocycles. The van der Waals surface area contributed by atoms with Crippen molar-refractivity contribution in [3.05, 3.63) is 18.0 Å². The molecule has 164 valence electrons. The van der Waals surface area contributed by atoms with E-state index in [9.17, 15) is 13.2 Å². The molecule has 29 heavy (non-hydrogen) atoms. The summed E-state index contributed by atoms with van der Waals surface area (Å²) >= 11 is 0. The van der Waals surface area contributed by atoms with Gasteiger partial charge in [-0.25, -0.2) is 12.7 Å². The van der Waals surface area contributed by atoms with Crippen LogP contribution in [0.5, 0.6) is 0 Å². The zero-order valence-corrected chi connectivity index (χ0v) is 18.2. The molecule has 1 aromatic heterocycles. The predicted molar refractivity (Wildman–Crippen MR) is 110 cm³/mol. The van der Waals surface area contributed by atoms with Gasteiger partial charge >= 0.3 is 0 Å². The first kappa shape index (κ1) is 22.2. The van der Waals surface area contributed by atoms with Gasteiger partial charge in [-0.3, -0.25) is 14.4 Å². The number of nitrogens with one attached hydrogen (secondary N) is 1. The van der Waals surface area contributed by atoms with Gasteiger partial charge < -0.3 is 10.1 Å². The van der Waals surface area contributed by atoms with E-state index in [1.54, 1.807) is 21.3 Å². The molecule has 0 radical (unpaired) electrons. The Hall–Kier alpha value is -1.49. The second-order valence-electron chi connectivity index (χ2n) is 7.81. The van der Waals surface area contributed by atoms with Gasteiger partial charge in [0.2, 0.25) is 10.0 Å². The van der Waals surface area contributed by atoms with Crippen LogP contribution in [-0.4, -0.2) is 91.0 Å². The quantitative estimate of drug-likeness (QED) is 0.650. The Labute approximate surface area is 173 Å². The highest BCUT2D eigenvalue weighted by Gasteiger charge is 2.33. The van der Waals surface area contributed by atoms with E-state index in [-0.39, 0.29) is 11.9 Å². The number of aryl methyl sites for hydroxylation is 1. The lowest BCUT2D eigenvalue weighted by molar-refractivity contribution is 0.00672. The van der Waals surface area contributed by atoms with Gasteiger partial charge in [-0.2, -0.15) is 5.10 Å². The number of nitrogens with zero attached hydrogens (tertiary/aromatic N) is 4. The normalized spacial score (nSPS) is 22.1. The molecule has 2 aliphatic heterocycles. The molecule has 1 N–H and O–H groups in total. The van der Waals surface area contributed by atoms with Gasteiger partial charge in [-0.1, -0.05) is 0 Å². The Morgan fingerprint density at radius 3 is 2.72 bits per heavy atom. The molecule has 0 bridgehead atoms. The summed E-state index contributed by atoms with van der Waals surface area (Å²) in [6.45, 7) is 6.46. The zero-order valence-electron chi connectivity index (χ0n) is 17.4. The molecule has 1 aromatic rings. The minimum absolute atomic E-state index is 0.165. The summed E-state index contributed by atoms with van der Waals surface area (Å²) < 4.78 is 32.9. The van der Waals surface area contributed by atoms with Crippen molar-refractivity contribution in [3.8, 4) is 0 Å². The summed E-state index contributed by atoms with van der Waals surface area (Å²) in [6.07, 6.45) is 6.78. The van der Waals surface area contributed by atoms with Gasteiger partial charge in [0.05, 0.1) is 6.26 Å². The SMILES string of the molecule is CCn1ccc(C(=O)NCCN(C2CCOCC2)C2CCCN(S(C)(=O)=O)C2)n1. The number of aromatic nitrogens is 2. The summed E-state index contributed by atoms with van der Waals surface area (Å²) in [4.78, 5) is 14.8. The second kappa shape index (κ2) is 10.0. The van der Waals surface area contributed by atoms with Gasteiger partial charge in [-0.05, 0) is 38.7 Å².